The van der Waals surface area contributed by atoms with E-state index in [1.165, 1.54) is 24.4 Å². The summed E-state index contributed by atoms with van der Waals surface area (Å²) in [4.78, 5) is 28.4. The average Bonchev–Trinajstić information content (AvgIpc) is 3.12. The Morgan fingerprint density at radius 2 is 2.00 bits per heavy atom. The molecule has 0 saturated heterocycles. The molecule has 2 aromatic rings. The number of amides is 1. The summed E-state index contributed by atoms with van der Waals surface area (Å²) in [5.74, 6) is 0.0763. The minimum absolute atomic E-state index is 0.00644. The molecule has 0 bridgehead atoms. The summed E-state index contributed by atoms with van der Waals surface area (Å²) in [6, 6.07) is 7.28. The molecular weight excluding hydrogens is 352 g/mol. The van der Waals surface area contributed by atoms with Crippen LogP contribution in [-0.4, -0.2) is 46.0 Å². The highest BCUT2D eigenvalue weighted by Gasteiger charge is 2.26. The van der Waals surface area contributed by atoms with Crippen molar-refractivity contribution in [2.75, 3.05) is 12.9 Å². The van der Waals surface area contributed by atoms with Crippen molar-refractivity contribution >= 4 is 23.6 Å². The third kappa shape index (κ3) is 5.32. The van der Waals surface area contributed by atoms with E-state index < -0.39 is 12.0 Å². The fraction of sp³-hybridized carbons (Fsp3) is 0.444. The Morgan fingerprint density at radius 3 is 2.62 bits per heavy atom. The van der Waals surface area contributed by atoms with Gasteiger partial charge >= 0.3 is 5.97 Å². The second-order valence-corrected chi connectivity index (χ2v) is 7.02. The molecule has 0 unspecified atom stereocenters. The Hall–Kier alpha value is -2.35. The molecule has 0 radical (unpaired) electrons. The second-order valence-electron chi connectivity index (χ2n) is 6.08. The molecule has 0 aliphatic heterocycles. The van der Waals surface area contributed by atoms with E-state index in [1.807, 2.05) is 45.0 Å². The van der Waals surface area contributed by atoms with Crippen molar-refractivity contribution in [2.45, 2.75) is 38.4 Å². The van der Waals surface area contributed by atoms with Gasteiger partial charge in [-0.1, -0.05) is 61.9 Å². The third-order valence-electron chi connectivity index (χ3n) is 4.11. The van der Waals surface area contributed by atoms with Crippen LogP contribution in [0.15, 0.2) is 29.4 Å². The predicted molar refractivity (Wildman–Crippen MR) is 101 cm³/mol. The van der Waals surface area contributed by atoms with E-state index in [2.05, 4.69) is 20.5 Å². The smallest absolute Gasteiger partial charge is 0.328 e. The quantitative estimate of drug-likeness (QED) is 0.543. The number of thioether (sulfide) groups is 1. The molecule has 7 nitrogen and oxygen atoms in total. The molecule has 26 heavy (non-hydrogen) atoms. The van der Waals surface area contributed by atoms with Gasteiger partial charge in [-0.05, 0) is 12.8 Å². The summed E-state index contributed by atoms with van der Waals surface area (Å²) in [5, 5.41) is 10.2. The van der Waals surface area contributed by atoms with Gasteiger partial charge < -0.3 is 10.1 Å². The monoisotopic (exact) mass is 376 g/mol. The highest BCUT2D eigenvalue weighted by molar-refractivity contribution is 7.99. The van der Waals surface area contributed by atoms with Crippen molar-refractivity contribution in [3.63, 3.8) is 0 Å². The van der Waals surface area contributed by atoms with Crippen molar-refractivity contribution in [3.8, 4) is 11.4 Å². The Labute approximate surface area is 157 Å². The minimum Gasteiger partial charge on any atom is -0.467 e. The van der Waals surface area contributed by atoms with E-state index in [1.54, 1.807) is 0 Å². The van der Waals surface area contributed by atoms with E-state index in [0.29, 0.717) is 11.0 Å². The zero-order valence-corrected chi connectivity index (χ0v) is 16.2. The first-order chi connectivity index (χ1) is 12.4. The van der Waals surface area contributed by atoms with Crippen LogP contribution in [0.25, 0.3) is 11.4 Å². The lowest BCUT2D eigenvalue weighted by molar-refractivity contribution is -0.146. The molecule has 2 N–H and O–H groups in total. The molecule has 0 aliphatic rings. The number of H-pyrrole nitrogens is 1. The normalized spacial score (nSPS) is 13.1. The largest absolute Gasteiger partial charge is 0.467 e. The molecule has 2 atom stereocenters. The number of rotatable bonds is 8. The number of hydrogen-bond acceptors (Lipinski definition) is 6. The summed E-state index contributed by atoms with van der Waals surface area (Å²) in [7, 11) is 1.32. The zero-order chi connectivity index (χ0) is 19.1. The molecule has 0 saturated carbocycles. The Morgan fingerprint density at radius 1 is 1.31 bits per heavy atom. The summed E-state index contributed by atoms with van der Waals surface area (Å²) in [6.07, 6.45) is 0.758. The van der Waals surface area contributed by atoms with Gasteiger partial charge in [-0.25, -0.2) is 9.78 Å². The Balaban J connectivity index is 1.92. The number of esters is 1. The number of carbonyl (C=O) groups is 2. The summed E-state index contributed by atoms with van der Waals surface area (Å²) >= 11 is 1.21. The van der Waals surface area contributed by atoms with Gasteiger partial charge in [-0.2, -0.15) is 0 Å². The summed E-state index contributed by atoms with van der Waals surface area (Å²) < 4.78 is 4.77. The lowest BCUT2D eigenvalue weighted by Gasteiger charge is -2.21. The standard InChI is InChI=1S/C18H24N4O3S/c1-5-12(3)15(17(24)25-4)19-14(23)10-26-18-20-16(21-22-18)13-8-6-11(2)7-9-13/h6-9,12,15H,5,10H2,1-4H3,(H,19,23)(H,20,21,22)/t12-,15-/m1/s1. The first-order valence-corrected chi connectivity index (χ1v) is 9.42. The van der Waals surface area contributed by atoms with Crippen LogP contribution in [0.3, 0.4) is 0 Å². The summed E-state index contributed by atoms with van der Waals surface area (Å²) in [5.41, 5.74) is 2.10. The van der Waals surface area contributed by atoms with Gasteiger partial charge in [0.2, 0.25) is 11.1 Å². The number of hydrogen-bond donors (Lipinski definition) is 2. The fourth-order valence-corrected chi connectivity index (χ4v) is 2.90. The number of nitrogens with zero attached hydrogens (tertiary/aromatic N) is 2. The van der Waals surface area contributed by atoms with Crippen LogP contribution < -0.4 is 5.32 Å². The van der Waals surface area contributed by atoms with Gasteiger partial charge in [0, 0.05) is 5.56 Å². The number of ether oxygens (including phenoxy) is 1. The molecular formula is C18H24N4O3S. The van der Waals surface area contributed by atoms with E-state index >= 15 is 0 Å². The van der Waals surface area contributed by atoms with Gasteiger partial charge in [-0.3, -0.25) is 9.89 Å². The van der Waals surface area contributed by atoms with Crippen LogP contribution in [0.5, 0.6) is 0 Å². The molecule has 1 heterocycles. The molecule has 0 fully saturated rings. The Bertz CT molecular complexity index is 745. The van der Waals surface area contributed by atoms with Gasteiger partial charge in [0.15, 0.2) is 5.82 Å². The first-order valence-electron chi connectivity index (χ1n) is 8.44. The van der Waals surface area contributed by atoms with Crippen molar-refractivity contribution in [3.05, 3.63) is 29.8 Å². The van der Waals surface area contributed by atoms with Gasteiger partial charge in [0.1, 0.15) is 6.04 Å². The number of nitrogens with one attached hydrogen (secondary N) is 2. The Kier molecular flexibility index (Phi) is 7.20. The molecule has 1 aromatic carbocycles. The van der Waals surface area contributed by atoms with Crippen LogP contribution in [0.1, 0.15) is 25.8 Å². The third-order valence-corrected chi connectivity index (χ3v) is 4.95. The van der Waals surface area contributed by atoms with E-state index in [-0.39, 0.29) is 17.6 Å². The maximum absolute atomic E-state index is 12.2. The average molecular weight is 376 g/mol. The molecule has 0 aliphatic carbocycles. The van der Waals surface area contributed by atoms with Crippen LogP contribution in [0.4, 0.5) is 0 Å². The topological polar surface area (TPSA) is 97.0 Å². The highest BCUT2D eigenvalue weighted by Crippen LogP contribution is 2.19. The van der Waals surface area contributed by atoms with Crippen LogP contribution in [0.2, 0.25) is 0 Å². The fourth-order valence-electron chi connectivity index (χ4n) is 2.29. The maximum Gasteiger partial charge on any atom is 0.328 e. The number of carbonyl (C=O) groups excluding carboxylic acids is 2. The van der Waals surface area contributed by atoms with Crippen molar-refractivity contribution in [2.24, 2.45) is 5.92 Å². The molecule has 2 rings (SSSR count). The number of aryl methyl sites for hydroxylation is 1. The molecule has 0 spiro atoms. The lowest BCUT2D eigenvalue weighted by Crippen LogP contribution is -2.46. The van der Waals surface area contributed by atoms with E-state index in [9.17, 15) is 9.59 Å². The first kappa shape index (κ1) is 20.0. The van der Waals surface area contributed by atoms with Gasteiger partial charge in [-0.15, -0.1) is 5.10 Å². The zero-order valence-electron chi connectivity index (χ0n) is 15.4. The van der Waals surface area contributed by atoms with Gasteiger partial charge in [0.25, 0.3) is 0 Å². The van der Waals surface area contributed by atoms with E-state index in [0.717, 1.165) is 12.0 Å². The van der Waals surface area contributed by atoms with Crippen LogP contribution >= 0.6 is 11.8 Å². The lowest BCUT2D eigenvalue weighted by atomic mass is 9.99. The number of methoxy groups -OCH3 is 1. The molecule has 8 heteroatoms. The number of aromatic nitrogens is 3. The number of aromatic amines is 1. The van der Waals surface area contributed by atoms with Crippen LogP contribution in [-0.2, 0) is 14.3 Å². The van der Waals surface area contributed by atoms with Crippen LogP contribution in [0, 0.1) is 12.8 Å². The van der Waals surface area contributed by atoms with Crippen molar-refractivity contribution < 1.29 is 14.3 Å². The number of benzene rings is 1. The van der Waals surface area contributed by atoms with Gasteiger partial charge in [0.05, 0.1) is 12.9 Å². The minimum atomic E-state index is -0.645. The predicted octanol–water partition coefficient (Wildman–Crippen LogP) is 2.58. The molecule has 1 aromatic heterocycles. The van der Waals surface area contributed by atoms with Crippen molar-refractivity contribution in [1.82, 2.24) is 20.5 Å². The molecule has 140 valence electrons. The summed E-state index contributed by atoms with van der Waals surface area (Å²) in [6.45, 7) is 5.88. The second kappa shape index (κ2) is 9.38. The maximum atomic E-state index is 12.2. The highest BCUT2D eigenvalue weighted by atomic mass is 32.2. The van der Waals surface area contributed by atoms with E-state index in [4.69, 9.17) is 4.74 Å². The van der Waals surface area contributed by atoms with Crippen molar-refractivity contribution in [1.29, 1.82) is 0 Å². The molecule has 1 amide bonds. The SMILES string of the molecule is CC[C@@H](C)[C@@H](NC(=O)CSc1n[nH]c(-c2ccc(C)cc2)n1)C(=O)OC.